The SMILES string of the molecule is CCOC(=O)CNC(=O)c1ncc(-c2cnn(CC(C)C)c2)c(C)c1OCc1ccccc1. The van der Waals surface area contributed by atoms with Crippen LogP contribution in [0.5, 0.6) is 5.75 Å². The third-order valence-electron chi connectivity index (χ3n) is 4.92. The highest BCUT2D eigenvalue weighted by Gasteiger charge is 2.21. The minimum absolute atomic E-state index is 0.117. The second-order valence-corrected chi connectivity index (χ2v) is 8.08. The maximum absolute atomic E-state index is 12.8. The van der Waals surface area contributed by atoms with Gasteiger partial charge in [-0.2, -0.15) is 5.10 Å². The van der Waals surface area contributed by atoms with Crippen molar-refractivity contribution in [2.45, 2.75) is 40.8 Å². The lowest BCUT2D eigenvalue weighted by Gasteiger charge is -2.16. The van der Waals surface area contributed by atoms with Gasteiger partial charge >= 0.3 is 5.97 Å². The highest BCUT2D eigenvalue weighted by Crippen LogP contribution is 2.32. The van der Waals surface area contributed by atoms with Crippen LogP contribution in [0.25, 0.3) is 11.1 Å². The van der Waals surface area contributed by atoms with Gasteiger partial charge in [0.1, 0.15) is 13.2 Å². The van der Waals surface area contributed by atoms with Crippen molar-refractivity contribution in [3.05, 3.63) is 65.7 Å². The van der Waals surface area contributed by atoms with E-state index in [9.17, 15) is 9.59 Å². The van der Waals surface area contributed by atoms with E-state index in [1.807, 2.05) is 48.1 Å². The fraction of sp³-hybridized carbons (Fsp3) is 0.360. The lowest BCUT2D eigenvalue weighted by atomic mass is 10.0. The molecule has 0 bridgehead atoms. The van der Waals surface area contributed by atoms with Crippen molar-refractivity contribution < 1.29 is 19.1 Å². The van der Waals surface area contributed by atoms with E-state index in [-0.39, 0.29) is 25.5 Å². The molecule has 3 rings (SSSR count). The number of benzene rings is 1. The highest BCUT2D eigenvalue weighted by molar-refractivity contribution is 5.97. The lowest BCUT2D eigenvalue weighted by molar-refractivity contribution is -0.141. The number of aromatic nitrogens is 3. The average molecular weight is 451 g/mol. The van der Waals surface area contributed by atoms with Crippen LogP contribution in [-0.4, -0.2) is 39.8 Å². The Morgan fingerprint density at radius 3 is 2.61 bits per heavy atom. The minimum Gasteiger partial charge on any atom is -0.486 e. The number of pyridine rings is 1. The normalized spacial score (nSPS) is 10.8. The van der Waals surface area contributed by atoms with Crippen LogP contribution < -0.4 is 10.1 Å². The summed E-state index contributed by atoms with van der Waals surface area (Å²) in [6.07, 6.45) is 5.39. The van der Waals surface area contributed by atoms with Crippen LogP contribution >= 0.6 is 0 Å². The standard InChI is InChI=1S/C25H30N4O4/c1-5-32-22(30)13-27-25(31)23-24(33-16-19-9-7-6-8-10-19)18(4)21(12-26-23)20-11-28-29(15-20)14-17(2)3/h6-12,15,17H,5,13-14,16H2,1-4H3,(H,27,31). The number of esters is 1. The van der Waals surface area contributed by atoms with Gasteiger partial charge in [0, 0.05) is 35.6 Å². The molecule has 174 valence electrons. The number of carbonyl (C=O) groups is 2. The quantitative estimate of drug-likeness (QED) is 0.472. The highest BCUT2D eigenvalue weighted by atomic mass is 16.5. The monoisotopic (exact) mass is 450 g/mol. The summed E-state index contributed by atoms with van der Waals surface area (Å²) in [7, 11) is 0. The van der Waals surface area contributed by atoms with Gasteiger partial charge in [-0.25, -0.2) is 4.98 Å². The van der Waals surface area contributed by atoms with Crippen LogP contribution in [0, 0.1) is 12.8 Å². The molecule has 2 aromatic heterocycles. The second-order valence-electron chi connectivity index (χ2n) is 8.08. The van der Waals surface area contributed by atoms with Crippen molar-refractivity contribution in [3.63, 3.8) is 0 Å². The number of hydrogen-bond acceptors (Lipinski definition) is 6. The third kappa shape index (κ3) is 6.41. The van der Waals surface area contributed by atoms with E-state index in [1.54, 1.807) is 19.3 Å². The second kappa shape index (κ2) is 11.3. The molecule has 0 radical (unpaired) electrons. The van der Waals surface area contributed by atoms with Crippen molar-refractivity contribution in [1.29, 1.82) is 0 Å². The average Bonchev–Trinajstić information content (AvgIpc) is 3.24. The Balaban J connectivity index is 1.91. The predicted octanol–water partition coefficient (Wildman–Crippen LogP) is 3.78. The van der Waals surface area contributed by atoms with Gasteiger partial charge < -0.3 is 14.8 Å². The molecule has 1 aromatic carbocycles. The minimum atomic E-state index is -0.511. The van der Waals surface area contributed by atoms with E-state index >= 15 is 0 Å². The Bertz CT molecular complexity index is 1090. The molecule has 0 spiro atoms. The van der Waals surface area contributed by atoms with Crippen molar-refractivity contribution in [2.24, 2.45) is 5.92 Å². The molecule has 0 aliphatic heterocycles. The van der Waals surface area contributed by atoms with Crippen LogP contribution in [0.2, 0.25) is 0 Å². The first-order chi connectivity index (χ1) is 15.9. The van der Waals surface area contributed by atoms with Gasteiger partial charge in [0.2, 0.25) is 0 Å². The van der Waals surface area contributed by atoms with Crippen LogP contribution in [0.4, 0.5) is 0 Å². The maximum atomic E-state index is 12.8. The topological polar surface area (TPSA) is 95.3 Å². The number of nitrogens with one attached hydrogen (secondary N) is 1. The molecule has 0 atom stereocenters. The summed E-state index contributed by atoms with van der Waals surface area (Å²) >= 11 is 0. The zero-order valence-electron chi connectivity index (χ0n) is 19.5. The molecule has 0 aliphatic carbocycles. The molecule has 8 nitrogen and oxygen atoms in total. The number of ether oxygens (including phenoxy) is 2. The zero-order valence-corrected chi connectivity index (χ0v) is 19.5. The first-order valence-electron chi connectivity index (χ1n) is 11.0. The molecule has 3 aromatic rings. The van der Waals surface area contributed by atoms with E-state index in [4.69, 9.17) is 9.47 Å². The maximum Gasteiger partial charge on any atom is 0.325 e. The Labute approximate surface area is 193 Å². The van der Waals surface area contributed by atoms with Gasteiger partial charge in [-0.3, -0.25) is 14.3 Å². The summed E-state index contributed by atoms with van der Waals surface area (Å²) in [6, 6.07) is 9.68. The molecule has 0 fully saturated rings. The summed E-state index contributed by atoms with van der Waals surface area (Å²) < 4.78 is 12.9. The van der Waals surface area contributed by atoms with Crippen molar-refractivity contribution in [3.8, 4) is 16.9 Å². The number of hydrogen-bond donors (Lipinski definition) is 1. The molecule has 33 heavy (non-hydrogen) atoms. The zero-order chi connectivity index (χ0) is 23.8. The van der Waals surface area contributed by atoms with E-state index < -0.39 is 11.9 Å². The van der Waals surface area contributed by atoms with Crippen molar-refractivity contribution in [2.75, 3.05) is 13.2 Å². The van der Waals surface area contributed by atoms with Crippen LogP contribution in [0.3, 0.4) is 0 Å². The first kappa shape index (κ1) is 24.0. The Morgan fingerprint density at radius 2 is 1.91 bits per heavy atom. The first-order valence-corrected chi connectivity index (χ1v) is 11.0. The fourth-order valence-corrected chi connectivity index (χ4v) is 3.37. The summed E-state index contributed by atoms with van der Waals surface area (Å²) in [5.74, 6) is -0.179. The molecule has 1 N–H and O–H groups in total. The molecule has 0 aliphatic rings. The predicted molar refractivity (Wildman–Crippen MR) is 125 cm³/mol. The van der Waals surface area contributed by atoms with Gasteiger partial charge in [-0.15, -0.1) is 0 Å². The molecule has 8 heteroatoms. The summed E-state index contributed by atoms with van der Waals surface area (Å²) in [4.78, 5) is 28.9. The Morgan fingerprint density at radius 1 is 1.15 bits per heavy atom. The van der Waals surface area contributed by atoms with E-state index in [2.05, 4.69) is 29.2 Å². The molecule has 0 saturated carbocycles. The molecule has 0 saturated heterocycles. The van der Waals surface area contributed by atoms with E-state index in [0.29, 0.717) is 11.7 Å². The molecular formula is C25H30N4O4. The Hall–Kier alpha value is -3.68. The lowest BCUT2D eigenvalue weighted by Crippen LogP contribution is -2.31. The number of carbonyl (C=O) groups excluding carboxylic acids is 2. The Kier molecular flexibility index (Phi) is 8.18. The summed E-state index contributed by atoms with van der Waals surface area (Å²) in [5, 5.41) is 7.00. The summed E-state index contributed by atoms with van der Waals surface area (Å²) in [6.45, 7) is 8.95. The number of amides is 1. The number of nitrogens with zero attached hydrogens (tertiary/aromatic N) is 3. The van der Waals surface area contributed by atoms with Gasteiger partial charge in [0.25, 0.3) is 5.91 Å². The number of rotatable bonds is 10. The van der Waals surface area contributed by atoms with Crippen LogP contribution in [-0.2, 0) is 22.7 Å². The van der Waals surface area contributed by atoms with Gasteiger partial charge in [0.15, 0.2) is 11.4 Å². The molecule has 1 amide bonds. The molecule has 2 heterocycles. The fourth-order valence-electron chi connectivity index (χ4n) is 3.37. The van der Waals surface area contributed by atoms with Gasteiger partial charge in [0.05, 0.1) is 12.8 Å². The third-order valence-corrected chi connectivity index (χ3v) is 4.92. The molecule has 0 unspecified atom stereocenters. The van der Waals surface area contributed by atoms with Crippen LogP contribution in [0.1, 0.15) is 42.4 Å². The largest absolute Gasteiger partial charge is 0.486 e. The van der Waals surface area contributed by atoms with Gasteiger partial charge in [-0.1, -0.05) is 44.2 Å². The van der Waals surface area contributed by atoms with Crippen LogP contribution in [0.15, 0.2) is 48.9 Å². The van der Waals surface area contributed by atoms with E-state index in [1.165, 1.54) is 0 Å². The van der Waals surface area contributed by atoms with Crippen molar-refractivity contribution >= 4 is 11.9 Å². The smallest absolute Gasteiger partial charge is 0.325 e. The summed E-state index contributed by atoms with van der Waals surface area (Å²) in [5.41, 5.74) is 3.57. The van der Waals surface area contributed by atoms with Crippen molar-refractivity contribution in [1.82, 2.24) is 20.1 Å². The molecular weight excluding hydrogens is 420 g/mol. The van der Waals surface area contributed by atoms with Gasteiger partial charge in [-0.05, 0) is 25.3 Å². The van der Waals surface area contributed by atoms with E-state index in [0.717, 1.165) is 28.8 Å².